The van der Waals surface area contributed by atoms with Gasteiger partial charge in [0.15, 0.2) is 0 Å². The number of aryl methyl sites for hydroxylation is 4. The summed E-state index contributed by atoms with van der Waals surface area (Å²) >= 11 is 0. The molecule has 6 heteroatoms. The van der Waals surface area contributed by atoms with Crippen LogP contribution in [0.5, 0.6) is 11.5 Å². The summed E-state index contributed by atoms with van der Waals surface area (Å²) in [5.74, 6) is 1.55. The second kappa shape index (κ2) is 13.2. The van der Waals surface area contributed by atoms with Crippen molar-refractivity contribution >= 4 is 34.1 Å². The van der Waals surface area contributed by atoms with E-state index in [9.17, 15) is 10.2 Å². The molecule has 0 saturated heterocycles. The summed E-state index contributed by atoms with van der Waals surface area (Å²) in [5, 5.41) is 19.9. The summed E-state index contributed by atoms with van der Waals surface area (Å²) < 4.78 is 11.2. The van der Waals surface area contributed by atoms with Crippen LogP contribution in [0.25, 0.3) is 0 Å². The highest BCUT2D eigenvalue weighted by Crippen LogP contribution is 2.44. The molecule has 2 N–H and O–H groups in total. The predicted octanol–water partition coefficient (Wildman–Crippen LogP) is 8.86. The van der Waals surface area contributed by atoms with Crippen LogP contribution in [0.1, 0.15) is 33.4 Å². The van der Waals surface area contributed by atoms with E-state index in [2.05, 4.69) is 86.0 Å². The van der Waals surface area contributed by atoms with Crippen molar-refractivity contribution in [3.8, 4) is 11.5 Å². The molecule has 0 aliphatic carbocycles. The van der Waals surface area contributed by atoms with Crippen LogP contribution in [0.3, 0.4) is 0 Å². The maximum atomic E-state index is 9.97. The van der Waals surface area contributed by atoms with Gasteiger partial charge in [0, 0.05) is 34.9 Å². The largest absolute Gasteiger partial charge is 0.497 e. The van der Waals surface area contributed by atoms with Crippen LogP contribution in [-0.2, 0) is 13.2 Å². The second-order valence-electron chi connectivity index (χ2n) is 11.0. The number of aliphatic hydroxyl groups excluding tert-OH is 2. The number of ether oxygens (including phenoxy) is 2. The fraction of sp³-hybridized carbons (Fsp3) is 0.211. The number of benzene rings is 5. The normalized spacial score (nSPS) is 10.9. The van der Waals surface area contributed by atoms with Gasteiger partial charge in [-0.2, -0.15) is 0 Å². The summed E-state index contributed by atoms with van der Waals surface area (Å²) in [7, 11) is 3.36. The average molecular weight is 589 g/mol. The third-order valence-electron chi connectivity index (χ3n) is 8.07. The standard InChI is InChI=1S/C38H40N2O4/c1-25-7-11-29(23-41)19-35(25)39(36-20-30(24-42)12-8-26(36)2)31-13-15-32(16-14-31)40(37-21-33(43-5)17-9-27(37)3)38-22-34(44-6)18-10-28(38)4/h7-22,41-42H,23-24H2,1-6H3. The molecule has 0 heterocycles. The average Bonchev–Trinajstić information content (AvgIpc) is 3.05. The molecule has 5 rings (SSSR count). The van der Waals surface area contributed by atoms with Gasteiger partial charge in [-0.25, -0.2) is 0 Å². The Morgan fingerprint density at radius 1 is 0.455 bits per heavy atom. The summed E-state index contributed by atoms with van der Waals surface area (Å²) in [5.41, 5.74) is 11.9. The molecule has 5 aromatic rings. The third kappa shape index (κ3) is 6.13. The molecule has 0 bridgehead atoms. The van der Waals surface area contributed by atoms with E-state index in [4.69, 9.17) is 9.47 Å². The van der Waals surface area contributed by atoms with E-state index in [-0.39, 0.29) is 13.2 Å². The maximum Gasteiger partial charge on any atom is 0.120 e. The number of aliphatic hydroxyl groups is 2. The summed E-state index contributed by atoms with van der Waals surface area (Å²) in [6.07, 6.45) is 0. The molecule has 226 valence electrons. The van der Waals surface area contributed by atoms with Crippen LogP contribution >= 0.6 is 0 Å². The number of anilines is 6. The Hall–Kier alpha value is -4.78. The lowest BCUT2D eigenvalue weighted by molar-refractivity contribution is 0.281. The van der Waals surface area contributed by atoms with E-state index in [0.29, 0.717) is 0 Å². The Balaban J connectivity index is 1.71. The molecule has 44 heavy (non-hydrogen) atoms. The minimum absolute atomic E-state index is 0.0511. The molecule has 0 fully saturated rings. The quantitative estimate of drug-likeness (QED) is 0.170. The first-order valence-electron chi connectivity index (χ1n) is 14.7. The van der Waals surface area contributed by atoms with Gasteiger partial charge in [0.25, 0.3) is 0 Å². The lowest BCUT2D eigenvalue weighted by atomic mass is 10.0. The minimum Gasteiger partial charge on any atom is -0.497 e. The Labute approximate surface area is 260 Å². The first-order chi connectivity index (χ1) is 21.3. The predicted molar refractivity (Wildman–Crippen MR) is 180 cm³/mol. The van der Waals surface area contributed by atoms with Gasteiger partial charge in [-0.15, -0.1) is 0 Å². The van der Waals surface area contributed by atoms with E-state index < -0.39 is 0 Å². The molecule has 0 atom stereocenters. The SMILES string of the molecule is COc1ccc(C)c(N(c2ccc(N(c3cc(CO)ccc3C)c3cc(CO)ccc3C)cc2)c2cc(OC)ccc2C)c1. The zero-order chi connectivity index (χ0) is 31.4. The first kappa shape index (κ1) is 30.7. The first-order valence-corrected chi connectivity index (χ1v) is 14.7. The fourth-order valence-electron chi connectivity index (χ4n) is 5.47. The Morgan fingerprint density at radius 3 is 1.09 bits per heavy atom. The van der Waals surface area contributed by atoms with E-state index in [1.54, 1.807) is 14.2 Å². The molecule has 0 radical (unpaired) electrons. The number of nitrogens with zero attached hydrogens (tertiary/aromatic N) is 2. The Bertz CT molecular complexity index is 1530. The summed E-state index contributed by atoms with van der Waals surface area (Å²) in [6, 6.07) is 32.7. The zero-order valence-electron chi connectivity index (χ0n) is 26.3. The molecule has 6 nitrogen and oxygen atoms in total. The van der Waals surface area contributed by atoms with Gasteiger partial charge < -0.3 is 29.5 Å². The highest BCUT2D eigenvalue weighted by Gasteiger charge is 2.21. The van der Waals surface area contributed by atoms with Crippen LogP contribution in [0.4, 0.5) is 34.1 Å². The van der Waals surface area contributed by atoms with Gasteiger partial charge in [0.1, 0.15) is 11.5 Å². The zero-order valence-corrected chi connectivity index (χ0v) is 26.3. The monoisotopic (exact) mass is 588 g/mol. The molecule has 0 amide bonds. The van der Waals surface area contributed by atoms with Crippen LogP contribution in [-0.4, -0.2) is 24.4 Å². The van der Waals surface area contributed by atoms with Gasteiger partial charge >= 0.3 is 0 Å². The lowest BCUT2D eigenvalue weighted by Crippen LogP contribution is -2.15. The third-order valence-corrected chi connectivity index (χ3v) is 8.07. The number of hydrogen-bond donors (Lipinski definition) is 2. The van der Waals surface area contributed by atoms with Crippen LogP contribution in [0, 0.1) is 27.7 Å². The van der Waals surface area contributed by atoms with Gasteiger partial charge in [-0.3, -0.25) is 0 Å². The molecular formula is C38H40N2O4. The fourth-order valence-corrected chi connectivity index (χ4v) is 5.47. The smallest absolute Gasteiger partial charge is 0.120 e. The van der Waals surface area contributed by atoms with Crippen LogP contribution in [0.15, 0.2) is 97.1 Å². The van der Waals surface area contributed by atoms with Crippen molar-refractivity contribution in [1.82, 2.24) is 0 Å². The van der Waals surface area contributed by atoms with Gasteiger partial charge in [-0.05, 0) is 110 Å². The van der Waals surface area contributed by atoms with Crippen molar-refractivity contribution in [2.75, 3.05) is 24.0 Å². The summed E-state index contributed by atoms with van der Waals surface area (Å²) in [4.78, 5) is 4.43. The number of rotatable bonds is 10. The highest BCUT2D eigenvalue weighted by molar-refractivity contribution is 5.85. The van der Waals surface area contributed by atoms with Gasteiger partial charge in [-0.1, -0.05) is 36.4 Å². The molecular weight excluding hydrogens is 548 g/mol. The minimum atomic E-state index is -0.0511. The number of methoxy groups -OCH3 is 2. The van der Waals surface area contributed by atoms with Crippen molar-refractivity contribution in [1.29, 1.82) is 0 Å². The van der Waals surface area contributed by atoms with E-state index in [0.717, 1.165) is 79.0 Å². The molecule has 0 aliphatic rings. The topological polar surface area (TPSA) is 65.4 Å². The van der Waals surface area contributed by atoms with Crippen molar-refractivity contribution in [3.05, 3.63) is 130 Å². The van der Waals surface area contributed by atoms with Gasteiger partial charge in [0.05, 0.1) is 38.8 Å². The summed E-state index contributed by atoms with van der Waals surface area (Å²) in [6.45, 7) is 8.24. The Morgan fingerprint density at radius 2 is 0.773 bits per heavy atom. The number of hydrogen-bond acceptors (Lipinski definition) is 6. The lowest BCUT2D eigenvalue weighted by Gasteiger charge is -2.31. The Kier molecular flexibility index (Phi) is 9.23. The van der Waals surface area contributed by atoms with Crippen LogP contribution < -0.4 is 19.3 Å². The van der Waals surface area contributed by atoms with E-state index in [1.807, 2.05) is 48.5 Å². The van der Waals surface area contributed by atoms with Crippen molar-refractivity contribution in [3.63, 3.8) is 0 Å². The molecule has 0 unspecified atom stereocenters. The molecule has 0 aromatic heterocycles. The van der Waals surface area contributed by atoms with E-state index in [1.165, 1.54) is 0 Å². The van der Waals surface area contributed by atoms with Crippen molar-refractivity contribution < 1.29 is 19.7 Å². The molecule has 5 aromatic carbocycles. The van der Waals surface area contributed by atoms with Crippen molar-refractivity contribution in [2.45, 2.75) is 40.9 Å². The molecule has 0 spiro atoms. The van der Waals surface area contributed by atoms with Gasteiger partial charge in [0.2, 0.25) is 0 Å². The second-order valence-corrected chi connectivity index (χ2v) is 11.0. The van der Waals surface area contributed by atoms with Crippen molar-refractivity contribution in [2.24, 2.45) is 0 Å². The van der Waals surface area contributed by atoms with Crippen LogP contribution in [0.2, 0.25) is 0 Å². The van der Waals surface area contributed by atoms with E-state index >= 15 is 0 Å². The molecule has 0 saturated carbocycles. The maximum absolute atomic E-state index is 9.97. The molecule has 0 aliphatic heterocycles. The highest BCUT2D eigenvalue weighted by atomic mass is 16.5.